The molecule has 5 nitrogen and oxygen atoms in total. The number of aromatic amines is 1. The van der Waals surface area contributed by atoms with Gasteiger partial charge in [-0.3, -0.25) is 14.9 Å². The fraction of sp³-hybridized carbons (Fsp3) is 0.250. The number of carbonyl (C=O) groups is 1. The quantitative estimate of drug-likeness (QED) is 0.792. The van der Waals surface area contributed by atoms with Gasteiger partial charge in [0.1, 0.15) is 0 Å². The van der Waals surface area contributed by atoms with Crippen molar-refractivity contribution in [2.75, 3.05) is 6.54 Å². The first-order valence-electron chi connectivity index (χ1n) is 8.63. The zero-order chi connectivity index (χ0) is 17.1. The van der Waals surface area contributed by atoms with Gasteiger partial charge in [-0.2, -0.15) is 5.10 Å². The third-order valence-corrected chi connectivity index (χ3v) is 4.78. The lowest BCUT2D eigenvalue weighted by Gasteiger charge is -2.36. The molecule has 126 valence electrons. The minimum absolute atomic E-state index is 0.0877. The highest BCUT2D eigenvalue weighted by molar-refractivity contribution is 5.95. The minimum atomic E-state index is 0.0877. The summed E-state index contributed by atoms with van der Waals surface area (Å²) in [5.41, 5.74) is 3.81. The van der Waals surface area contributed by atoms with Gasteiger partial charge in [-0.1, -0.05) is 18.2 Å². The first-order chi connectivity index (χ1) is 12.3. The number of hydrogen-bond acceptors (Lipinski definition) is 3. The standard InChI is InChI=1S/C20H20N4O/c25-20(16-8-6-15(7-9-16)18-10-12-22-23-18)24-13-2-1-5-19(24)17-4-3-11-21-14-17/h3-4,6-12,14,19H,1-2,5,13H2,(H,22,23)/t19-/m0/s1. The molecule has 1 aliphatic rings. The first-order valence-corrected chi connectivity index (χ1v) is 8.63. The predicted octanol–water partition coefficient (Wildman–Crippen LogP) is 3.84. The van der Waals surface area contributed by atoms with Crippen molar-refractivity contribution in [2.24, 2.45) is 0 Å². The fourth-order valence-electron chi connectivity index (χ4n) is 3.47. The van der Waals surface area contributed by atoms with Crippen molar-refractivity contribution in [2.45, 2.75) is 25.3 Å². The number of benzene rings is 1. The molecule has 1 atom stereocenters. The van der Waals surface area contributed by atoms with Crippen LogP contribution in [0.25, 0.3) is 11.3 Å². The largest absolute Gasteiger partial charge is 0.332 e. The molecule has 1 amide bonds. The lowest BCUT2D eigenvalue weighted by molar-refractivity contribution is 0.0611. The molecule has 0 saturated carbocycles. The van der Waals surface area contributed by atoms with E-state index in [0.717, 1.165) is 48.2 Å². The highest BCUT2D eigenvalue weighted by atomic mass is 16.2. The van der Waals surface area contributed by atoms with Crippen molar-refractivity contribution in [1.29, 1.82) is 0 Å². The van der Waals surface area contributed by atoms with Crippen molar-refractivity contribution >= 4 is 5.91 Å². The number of hydrogen-bond donors (Lipinski definition) is 1. The summed E-state index contributed by atoms with van der Waals surface area (Å²) in [6.45, 7) is 0.792. The number of H-pyrrole nitrogens is 1. The Morgan fingerprint density at radius 2 is 1.96 bits per heavy atom. The van der Waals surface area contributed by atoms with Crippen LogP contribution in [-0.2, 0) is 0 Å². The normalized spacial score (nSPS) is 17.4. The summed E-state index contributed by atoms with van der Waals surface area (Å²) < 4.78 is 0. The van der Waals surface area contributed by atoms with Gasteiger partial charge < -0.3 is 4.90 Å². The Kier molecular flexibility index (Phi) is 4.29. The molecule has 0 radical (unpaired) electrons. The molecule has 1 saturated heterocycles. The SMILES string of the molecule is O=C(c1ccc(-c2ccn[nH]2)cc1)N1CCCC[C@H]1c1cccnc1. The third-order valence-electron chi connectivity index (χ3n) is 4.78. The van der Waals surface area contributed by atoms with Crippen molar-refractivity contribution in [3.63, 3.8) is 0 Å². The number of nitrogens with zero attached hydrogens (tertiary/aromatic N) is 3. The number of piperidine rings is 1. The molecule has 0 aliphatic carbocycles. The van der Waals surface area contributed by atoms with Gasteiger partial charge in [0.05, 0.1) is 11.7 Å². The lowest BCUT2D eigenvalue weighted by Crippen LogP contribution is -2.38. The molecule has 25 heavy (non-hydrogen) atoms. The summed E-state index contributed by atoms with van der Waals surface area (Å²) in [6.07, 6.45) is 8.55. The van der Waals surface area contributed by atoms with Crippen LogP contribution in [-0.4, -0.2) is 32.5 Å². The molecule has 3 heterocycles. The van der Waals surface area contributed by atoms with Gasteiger partial charge in [0, 0.05) is 30.7 Å². The lowest BCUT2D eigenvalue weighted by atomic mass is 9.95. The Labute approximate surface area is 146 Å². The smallest absolute Gasteiger partial charge is 0.254 e. The summed E-state index contributed by atoms with van der Waals surface area (Å²) in [6, 6.07) is 13.7. The first kappa shape index (κ1) is 15.6. The Morgan fingerprint density at radius 1 is 1.08 bits per heavy atom. The summed E-state index contributed by atoms with van der Waals surface area (Å²) in [5, 5.41) is 6.91. The van der Waals surface area contributed by atoms with E-state index in [9.17, 15) is 4.79 Å². The van der Waals surface area contributed by atoms with Crippen LogP contribution in [0.5, 0.6) is 0 Å². The van der Waals surface area contributed by atoms with Crippen LogP contribution < -0.4 is 0 Å². The molecule has 1 aromatic carbocycles. The Hall–Kier alpha value is -2.95. The number of nitrogens with one attached hydrogen (secondary N) is 1. The van der Waals surface area contributed by atoms with Gasteiger partial charge in [0.15, 0.2) is 0 Å². The second kappa shape index (κ2) is 6.89. The number of carbonyl (C=O) groups excluding carboxylic acids is 1. The molecule has 1 N–H and O–H groups in total. The highest BCUT2D eigenvalue weighted by Gasteiger charge is 2.28. The summed E-state index contributed by atoms with van der Waals surface area (Å²) in [7, 11) is 0. The summed E-state index contributed by atoms with van der Waals surface area (Å²) in [5.74, 6) is 0.0877. The van der Waals surface area contributed by atoms with Crippen molar-refractivity contribution in [1.82, 2.24) is 20.1 Å². The van der Waals surface area contributed by atoms with Crippen LogP contribution >= 0.6 is 0 Å². The van der Waals surface area contributed by atoms with Gasteiger partial charge in [-0.05, 0) is 54.7 Å². The zero-order valence-corrected chi connectivity index (χ0v) is 13.9. The average Bonchev–Trinajstić information content (AvgIpc) is 3.23. The molecular weight excluding hydrogens is 312 g/mol. The molecule has 3 aromatic rings. The summed E-state index contributed by atoms with van der Waals surface area (Å²) in [4.78, 5) is 19.3. The van der Waals surface area contributed by atoms with E-state index in [-0.39, 0.29) is 11.9 Å². The third kappa shape index (κ3) is 3.18. The Morgan fingerprint density at radius 3 is 2.68 bits per heavy atom. The molecule has 0 bridgehead atoms. The second-order valence-electron chi connectivity index (χ2n) is 6.34. The van der Waals surface area contributed by atoms with Crippen LogP contribution in [0.15, 0.2) is 61.1 Å². The van der Waals surface area contributed by atoms with Crippen LogP contribution in [0.2, 0.25) is 0 Å². The van der Waals surface area contributed by atoms with Crippen LogP contribution in [0.4, 0.5) is 0 Å². The van der Waals surface area contributed by atoms with Gasteiger partial charge in [-0.15, -0.1) is 0 Å². The van der Waals surface area contributed by atoms with E-state index in [2.05, 4.69) is 21.2 Å². The maximum Gasteiger partial charge on any atom is 0.254 e. The zero-order valence-electron chi connectivity index (χ0n) is 13.9. The Balaban J connectivity index is 1.58. The van der Waals surface area contributed by atoms with Crippen LogP contribution in [0.3, 0.4) is 0 Å². The minimum Gasteiger partial charge on any atom is -0.332 e. The maximum absolute atomic E-state index is 13.1. The molecule has 4 rings (SSSR count). The number of pyridine rings is 1. The number of aromatic nitrogens is 3. The van der Waals surface area contributed by atoms with Crippen molar-refractivity contribution in [3.8, 4) is 11.3 Å². The topological polar surface area (TPSA) is 61.9 Å². The highest BCUT2D eigenvalue weighted by Crippen LogP contribution is 2.32. The van der Waals surface area contributed by atoms with Crippen molar-refractivity contribution < 1.29 is 4.79 Å². The molecular formula is C20H20N4O. The van der Waals surface area contributed by atoms with Gasteiger partial charge >= 0.3 is 0 Å². The molecule has 1 aliphatic heterocycles. The van der Waals surface area contributed by atoms with E-state index in [1.54, 1.807) is 12.4 Å². The van der Waals surface area contributed by atoms with E-state index in [4.69, 9.17) is 0 Å². The fourth-order valence-corrected chi connectivity index (χ4v) is 3.47. The van der Waals surface area contributed by atoms with E-state index >= 15 is 0 Å². The average molecular weight is 332 g/mol. The Bertz CT molecular complexity index is 828. The number of amides is 1. The molecule has 0 spiro atoms. The maximum atomic E-state index is 13.1. The van der Waals surface area contributed by atoms with Gasteiger partial charge in [-0.25, -0.2) is 0 Å². The van der Waals surface area contributed by atoms with E-state index in [0.29, 0.717) is 0 Å². The van der Waals surface area contributed by atoms with Crippen LogP contribution in [0.1, 0.15) is 41.2 Å². The van der Waals surface area contributed by atoms with E-state index < -0.39 is 0 Å². The predicted molar refractivity (Wildman–Crippen MR) is 95.9 cm³/mol. The molecule has 5 heteroatoms. The van der Waals surface area contributed by atoms with Crippen LogP contribution in [0, 0.1) is 0 Å². The molecule has 2 aromatic heterocycles. The molecule has 0 unspecified atom stereocenters. The van der Waals surface area contributed by atoms with Gasteiger partial charge in [0.25, 0.3) is 5.91 Å². The summed E-state index contributed by atoms with van der Waals surface area (Å²) >= 11 is 0. The monoisotopic (exact) mass is 332 g/mol. The van der Waals surface area contributed by atoms with E-state index in [1.165, 1.54) is 0 Å². The van der Waals surface area contributed by atoms with Gasteiger partial charge in [0.2, 0.25) is 0 Å². The molecule has 1 fully saturated rings. The van der Waals surface area contributed by atoms with E-state index in [1.807, 2.05) is 47.5 Å². The van der Waals surface area contributed by atoms with Crippen molar-refractivity contribution in [3.05, 3.63) is 72.2 Å². The second-order valence-corrected chi connectivity index (χ2v) is 6.34. The number of rotatable bonds is 3. The number of likely N-dealkylation sites (tertiary alicyclic amines) is 1.